The number of rotatable bonds is 5. The number of piperidine rings is 1. The fourth-order valence-electron chi connectivity index (χ4n) is 3.87. The summed E-state index contributed by atoms with van der Waals surface area (Å²) in [6.07, 6.45) is 6.44. The Hall–Kier alpha value is -2.44. The molecule has 2 atom stereocenters. The van der Waals surface area contributed by atoms with E-state index in [1.807, 2.05) is 38.1 Å². The first kappa shape index (κ1) is 22.2. The van der Waals surface area contributed by atoms with E-state index in [0.29, 0.717) is 29.7 Å². The number of benzene rings is 1. The quantitative estimate of drug-likeness (QED) is 0.653. The predicted octanol–water partition coefficient (Wildman–Crippen LogP) is 1.68. The number of carbonyl (C=O) groups is 2. The molecule has 0 bridgehead atoms. The van der Waals surface area contributed by atoms with Crippen LogP contribution in [-0.4, -0.2) is 54.3 Å². The Kier molecular flexibility index (Phi) is 6.78. The number of nitrogens with zero attached hydrogens (tertiary/aromatic N) is 3. The monoisotopic (exact) mass is 447 g/mol. The van der Waals surface area contributed by atoms with Crippen LogP contribution >= 0.6 is 11.3 Å². The molecular weight excluding hydrogens is 422 g/mol. The molecule has 3 rings (SSSR count). The van der Waals surface area contributed by atoms with E-state index in [0.717, 1.165) is 16.6 Å². The summed E-state index contributed by atoms with van der Waals surface area (Å²) in [7, 11) is -3.92. The second kappa shape index (κ2) is 9.14. The van der Waals surface area contributed by atoms with Gasteiger partial charge in [-0.15, -0.1) is 6.42 Å². The maximum absolute atomic E-state index is 12.5. The van der Waals surface area contributed by atoms with Crippen LogP contribution in [0.3, 0.4) is 0 Å². The molecule has 2 heterocycles. The zero-order valence-corrected chi connectivity index (χ0v) is 18.7. The lowest BCUT2D eigenvalue weighted by Crippen LogP contribution is -2.45. The third kappa shape index (κ3) is 5.37. The molecule has 0 aliphatic carbocycles. The van der Waals surface area contributed by atoms with Crippen LogP contribution in [0.1, 0.15) is 20.3 Å². The minimum atomic E-state index is -3.92. The molecule has 1 aliphatic rings. The van der Waals surface area contributed by atoms with Gasteiger partial charge in [0.15, 0.2) is 14.6 Å². The van der Waals surface area contributed by atoms with Crippen molar-refractivity contribution in [1.82, 2.24) is 9.47 Å². The number of carbonyl (C=O) groups excluding carboxylic acids is 2. The van der Waals surface area contributed by atoms with Crippen LogP contribution in [0.15, 0.2) is 29.3 Å². The van der Waals surface area contributed by atoms with Crippen molar-refractivity contribution < 1.29 is 18.0 Å². The van der Waals surface area contributed by atoms with Crippen LogP contribution in [0.4, 0.5) is 0 Å². The van der Waals surface area contributed by atoms with Crippen LogP contribution in [0.5, 0.6) is 0 Å². The fraction of sp³-hybridized carbons (Fsp3) is 0.476. The lowest BCUT2D eigenvalue weighted by molar-refractivity contribution is -0.131. The molecule has 7 nitrogen and oxygen atoms in total. The zero-order valence-electron chi connectivity index (χ0n) is 17.1. The number of thiazole rings is 1. The SMILES string of the molecule is C#CCn1c(=NC(=O)CS(=O)(=O)CC(=O)N2CC(C)CC(C)C2)sc2ccccc21. The van der Waals surface area contributed by atoms with Crippen molar-refractivity contribution >= 4 is 43.2 Å². The Morgan fingerprint density at radius 2 is 1.87 bits per heavy atom. The molecule has 160 valence electrons. The Morgan fingerprint density at radius 3 is 2.53 bits per heavy atom. The molecule has 0 spiro atoms. The van der Waals surface area contributed by atoms with E-state index in [1.54, 1.807) is 9.47 Å². The van der Waals surface area contributed by atoms with Gasteiger partial charge in [-0.1, -0.05) is 43.2 Å². The van der Waals surface area contributed by atoms with Crippen molar-refractivity contribution in [3.8, 4) is 12.3 Å². The van der Waals surface area contributed by atoms with E-state index >= 15 is 0 Å². The maximum Gasteiger partial charge on any atom is 0.263 e. The summed E-state index contributed by atoms with van der Waals surface area (Å²) in [4.78, 5) is 30.8. The topological polar surface area (TPSA) is 88.8 Å². The smallest absolute Gasteiger partial charge is 0.263 e. The second-order valence-corrected chi connectivity index (χ2v) is 11.0. The summed E-state index contributed by atoms with van der Waals surface area (Å²) in [6, 6.07) is 7.46. The van der Waals surface area contributed by atoms with Crippen molar-refractivity contribution in [2.24, 2.45) is 16.8 Å². The summed E-state index contributed by atoms with van der Waals surface area (Å²) in [6.45, 7) is 5.40. The first-order valence-electron chi connectivity index (χ1n) is 9.76. The highest BCUT2D eigenvalue weighted by atomic mass is 32.2. The Morgan fingerprint density at radius 1 is 1.20 bits per heavy atom. The molecule has 1 fully saturated rings. The Balaban J connectivity index is 1.75. The van der Waals surface area contributed by atoms with Crippen LogP contribution in [-0.2, 0) is 26.0 Å². The normalized spacial score (nSPS) is 20.3. The van der Waals surface area contributed by atoms with Gasteiger partial charge in [0, 0.05) is 13.1 Å². The molecule has 1 saturated heterocycles. The standard InChI is InChI=1S/C21H25N3O4S2/c1-4-9-24-17-7-5-6-8-18(17)29-21(24)22-19(25)13-30(27,28)14-20(26)23-11-15(2)10-16(3)12-23/h1,5-8,15-16H,9-14H2,2-3H3. The lowest BCUT2D eigenvalue weighted by atomic mass is 9.92. The van der Waals surface area contributed by atoms with Crippen molar-refractivity contribution in [1.29, 1.82) is 0 Å². The minimum Gasteiger partial charge on any atom is -0.341 e. The van der Waals surface area contributed by atoms with Gasteiger partial charge in [0.25, 0.3) is 5.91 Å². The summed E-state index contributed by atoms with van der Waals surface area (Å²) in [5.74, 6) is 0.446. The molecule has 1 aromatic carbocycles. The molecule has 1 aliphatic heterocycles. The van der Waals surface area contributed by atoms with Gasteiger partial charge in [-0.3, -0.25) is 9.59 Å². The number of amides is 2. The average Bonchev–Trinajstić information content (AvgIpc) is 2.97. The van der Waals surface area contributed by atoms with Crippen LogP contribution in [0.2, 0.25) is 0 Å². The number of aromatic nitrogens is 1. The number of terminal acetylenes is 1. The number of para-hydroxylation sites is 1. The largest absolute Gasteiger partial charge is 0.341 e. The van der Waals surface area contributed by atoms with Crippen molar-refractivity contribution in [3.63, 3.8) is 0 Å². The highest BCUT2D eigenvalue weighted by Gasteiger charge is 2.29. The summed E-state index contributed by atoms with van der Waals surface area (Å²) in [5.41, 5.74) is 0.832. The highest BCUT2D eigenvalue weighted by Crippen LogP contribution is 2.21. The van der Waals surface area contributed by atoms with Gasteiger partial charge in [0.1, 0.15) is 11.5 Å². The van der Waals surface area contributed by atoms with Crippen molar-refractivity contribution in [2.45, 2.75) is 26.8 Å². The molecule has 0 radical (unpaired) electrons. The summed E-state index contributed by atoms with van der Waals surface area (Å²) in [5, 5.41) is 0. The van der Waals surface area contributed by atoms with Gasteiger partial charge in [0.05, 0.1) is 16.8 Å². The van der Waals surface area contributed by atoms with Gasteiger partial charge in [0.2, 0.25) is 5.91 Å². The minimum absolute atomic E-state index is 0.215. The van der Waals surface area contributed by atoms with E-state index in [1.165, 1.54) is 11.3 Å². The van der Waals surface area contributed by atoms with Gasteiger partial charge >= 0.3 is 0 Å². The number of likely N-dealkylation sites (tertiary alicyclic amines) is 1. The van der Waals surface area contributed by atoms with E-state index in [-0.39, 0.29) is 6.54 Å². The molecule has 9 heteroatoms. The van der Waals surface area contributed by atoms with E-state index < -0.39 is 33.2 Å². The second-order valence-electron chi connectivity index (χ2n) is 7.93. The van der Waals surface area contributed by atoms with Gasteiger partial charge < -0.3 is 9.47 Å². The maximum atomic E-state index is 12.5. The Bertz CT molecular complexity index is 1160. The third-order valence-electron chi connectivity index (χ3n) is 4.97. The van der Waals surface area contributed by atoms with E-state index in [4.69, 9.17) is 6.42 Å². The van der Waals surface area contributed by atoms with E-state index in [9.17, 15) is 18.0 Å². The lowest BCUT2D eigenvalue weighted by Gasteiger charge is -2.34. The van der Waals surface area contributed by atoms with E-state index in [2.05, 4.69) is 10.9 Å². The van der Waals surface area contributed by atoms with Crippen LogP contribution < -0.4 is 4.80 Å². The molecular formula is C21H25N3O4S2. The predicted molar refractivity (Wildman–Crippen MR) is 117 cm³/mol. The molecule has 2 unspecified atom stereocenters. The number of sulfone groups is 1. The number of hydrogen-bond donors (Lipinski definition) is 0. The van der Waals surface area contributed by atoms with Crippen LogP contribution in [0.25, 0.3) is 10.2 Å². The number of fused-ring (bicyclic) bond motifs is 1. The van der Waals surface area contributed by atoms with Crippen molar-refractivity contribution in [2.75, 3.05) is 24.6 Å². The average molecular weight is 448 g/mol. The zero-order chi connectivity index (χ0) is 21.9. The van der Waals surface area contributed by atoms with Crippen LogP contribution in [0, 0.1) is 24.2 Å². The molecule has 1 aromatic heterocycles. The fourth-order valence-corrected chi connectivity index (χ4v) is 6.02. The van der Waals surface area contributed by atoms with Gasteiger partial charge in [-0.05, 0) is 30.4 Å². The summed E-state index contributed by atoms with van der Waals surface area (Å²) < 4.78 is 27.5. The molecule has 0 saturated carbocycles. The molecule has 0 N–H and O–H groups in total. The first-order valence-corrected chi connectivity index (χ1v) is 12.4. The summed E-state index contributed by atoms with van der Waals surface area (Å²) >= 11 is 1.27. The van der Waals surface area contributed by atoms with Gasteiger partial charge in [-0.25, -0.2) is 8.42 Å². The third-order valence-corrected chi connectivity index (χ3v) is 7.40. The Labute approximate surface area is 180 Å². The molecule has 30 heavy (non-hydrogen) atoms. The molecule has 2 amide bonds. The first-order chi connectivity index (χ1) is 14.2. The van der Waals surface area contributed by atoms with Gasteiger partial charge in [-0.2, -0.15) is 4.99 Å². The number of hydrogen-bond acceptors (Lipinski definition) is 5. The molecule has 2 aromatic rings. The highest BCUT2D eigenvalue weighted by molar-refractivity contribution is 7.92. The van der Waals surface area contributed by atoms with Crippen molar-refractivity contribution in [3.05, 3.63) is 29.1 Å².